The Bertz CT molecular complexity index is 1120. The summed E-state index contributed by atoms with van der Waals surface area (Å²) in [5.74, 6) is -0.0736. The first-order chi connectivity index (χ1) is 15.3. The second kappa shape index (κ2) is 10.2. The molecule has 1 amide bonds. The molecule has 0 aliphatic carbocycles. The molecule has 3 rings (SSSR count). The van der Waals surface area contributed by atoms with Crippen LogP contribution in [0.15, 0.2) is 71.8 Å². The molecular weight excluding hydrogens is 445 g/mol. The first-order valence-electron chi connectivity index (χ1n) is 9.33. The number of rotatable bonds is 7. The van der Waals surface area contributed by atoms with E-state index in [1.165, 1.54) is 19.4 Å². The van der Waals surface area contributed by atoms with Gasteiger partial charge >= 0.3 is 6.18 Å². The highest BCUT2D eigenvalue weighted by atomic mass is 35.5. The summed E-state index contributed by atoms with van der Waals surface area (Å²) in [6.07, 6.45) is -3.25. The van der Waals surface area contributed by atoms with E-state index < -0.39 is 17.6 Å². The lowest BCUT2D eigenvalue weighted by molar-refractivity contribution is -0.137. The predicted octanol–water partition coefficient (Wildman–Crippen LogP) is 5.71. The molecule has 3 aromatic rings. The average molecular weight is 463 g/mol. The second-order valence-electron chi connectivity index (χ2n) is 6.59. The van der Waals surface area contributed by atoms with Crippen molar-refractivity contribution in [1.82, 2.24) is 5.43 Å². The third-order valence-electron chi connectivity index (χ3n) is 4.31. The largest absolute Gasteiger partial charge is 0.493 e. The molecule has 0 unspecified atom stereocenters. The zero-order chi connectivity index (χ0) is 23.1. The molecule has 9 heteroatoms. The number of hydrogen-bond donors (Lipinski definition) is 1. The topological polar surface area (TPSA) is 59.9 Å². The van der Waals surface area contributed by atoms with Crippen LogP contribution in [0.2, 0.25) is 5.02 Å². The number of nitrogens with one attached hydrogen (secondary N) is 1. The van der Waals surface area contributed by atoms with Gasteiger partial charge in [-0.25, -0.2) is 5.43 Å². The maximum atomic E-state index is 12.8. The van der Waals surface area contributed by atoms with E-state index >= 15 is 0 Å². The molecule has 0 aliphatic rings. The molecule has 0 spiro atoms. The molecule has 0 heterocycles. The third-order valence-corrected chi connectivity index (χ3v) is 4.59. The predicted molar refractivity (Wildman–Crippen MR) is 115 cm³/mol. The van der Waals surface area contributed by atoms with Gasteiger partial charge in [0, 0.05) is 5.56 Å². The van der Waals surface area contributed by atoms with Gasteiger partial charge in [-0.1, -0.05) is 48.0 Å². The second-order valence-corrected chi connectivity index (χ2v) is 6.99. The summed E-state index contributed by atoms with van der Waals surface area (Å²) in [4.78, 5) is 12.1. The number of benzene rings is 3. The van der Waals surface area contributed by atoms with E-state index in [-0.39, 0.29) is 17.2 Å². The fourth-order valence-corrected chi connectivity index (χ4v) is 3.02. The van der Waals surface area contributed by atoms with E-state index in [4.69, 9.17) is 21.1 Å². The lowest BCUT2D eigenvalue weighted by Crippen LogP contribution is -2.18. The van der Waals surface area contributed by atoms with Crippen molar-refractivity contribution in [3.05, 3.63) is 94.0 Å². The van der Waals surface area contributed by atoms with Gasteiger partial charge in [-0.05, 0) is 41.5 Å². The molecule has 1 N–H and O–H groups in total. The SMILES string of the molecule is COc1cc(/C=N\NC(=O)c2cccc(C(F)(F)F)c2)cc(Cl)c1OCc1ccccc1. The van der Waals surface area contributed by atoms with Crippen molar-refractivity contribution in [3.63, 3.8) is 0 Å². The lowest BCUT2D eigenvalue weighted by atomic mass is 10.1. The van der Waals surface area contributed by atoms with Crippen LogP contribution in [0.3, 0.4) is 0 Å². The Balaban J connectivity index is 1.69. The summed E-state index contributed by atoms with van der Waals surface area (Å²) in [5, 5.41) is 4.06. The quantitative estimate of drug-likeness (QED) is 0.361. The Morgan fingerprint density at radius 1 is 1.09 bits per heavy atom. The number of carbonyl (C=O) groups excluding carboxylic acids is 1. The molecule has 0 saturated heterocycles. The summed E-state index contributed by atoms with van der Waals surface area (Å²) in [6, 6.07) is 16.7. The number of hydrogen-bond acceptors (Lipinski definition) is 4. The summed E-state index contributed by atoms with van der Waals surface area (Å²) < 4.78 is 49.5. The highest BCUT2D eigenvalue weighted by Crippen LogP contribution is 2.36. The molecule has 32 heavy (non-hydrogen) atoms. The minimum atomic E-state index is -4.54. The van der Waals surface area contributed by atoms with Gasteiger partial charge in [0.05, 0.1) is 23.9 Å². The molecule has 0 radical (unpaired) electrons. The molecule has 0 aliphatic heterocycles. The van der Waals surface area contributed by atoms with Gasteiger partial charge < -0.3 is 9.47 Å². The van der Waals surface area contributed by atoms with E-state index in [2.05, 4.69) is 10.5 Å². The standard InChI is InChI=1S/C23H18ClF3N2O3/c1-31-20-11-16(10-19(24)21(20)32-14-15-6-3-2-4-7-15)13-28-29-22(30)17-8-5-9-18(12-17)23(25,26)27/h2-13H,14H2,1H3,(H,29,30)/b28-13-. The van der Waals surface area contributed by atoms with Gasteiger partial charge in [0.1, 0.15) is 6.61 Å². The van der Waals surface area contributed by atoms with Crippen molar-refractivity contribution >= 4 is 23.7 Å². The Kier molecular flexibility index (Phi) is 7.37. The molecule has 0 bridgehead atoms. The van der Waals surface area contributed by atoms with Crippen LogP contribution in [0.4, 0.5) is 13.2 Å². The van der Waals surface area contributed by atoms with Crippen molar-refractivity contribution in [3.8, 4) is 11.5 Å². The van der Waals surface area contributed by atoms with Gasteiger partial charge in [0.15, 0.2) is 11.5 Å². The van der Waals surface area contributed by atoms with E-state index in [0.717, 1.165) is 23.8 Å². The number of hydrazone groups is 1. The van der Waals surface area contributed by atoms with Gasteiger partial charge in [-0.2, -0.15) is 18.3 Å². The maximum absolute atomic E-state index is 12.8. The molecule has 166 valence electrons. The highest BCUT2D eigenvalue weighted by molar-refractivity contribution is 6.32. The van der Waals surface area contributed by atoms with E-state index in [1.54, 1.807) is 12.1 Å². The van der Waals surface area contributed by atoms with E-state index in [1.807, 2.05) is 30.3 Å². The Hall–Kier alpha value is -3.52. The number of methoxy groups -OCH3 is 1. The normalized spacial score (nSPS) is 11.4. The highest BCUT2D eigenvalue weighted by Gasteiger charge is 2.30. The van der Waals surface area contributed by atoms with Crippen LogP contribution < -0.4 is 14.9 Å². The van der Waals surface area contributed by atoms with Crippen molar-refractivity contribution in [2.75, 3.05) is 7.11 Å². The van der Waals surface area contributed by atoms with Gasteiger partial charge in [-0.3, -0.25) is 4.79 Å². The molecule has 3 aromatic carbocycles. The molecule has 0 saturated carbocycles. The van der Waals surface area contributed by atoms with Gasteiger partial charge in [-0.15, -0.1) is 0 Å². The first kappa shape index (κ1) is 23.1. The number of amides is 1. The average Bonchev–Trinajstić information content (AvgIpc) is 2.78. The minimum absolute atomic E-state index is 0.169. The van der Waals surface area contributed by atoms with Gasteiger partial charge in [0.25, 0.3) is 5.91 Å². The fourth-order valence-electron chi connectivity index (χ4n) is 2.75. The van der Waals surface area contributed by atoms with Crippen molar-refractivity contribution in [2.45, 2.75) is 12.8 Å². The number of halogens is 4. The van der Waals surface area contributed by atoms with Gasteiger partial charge in [0.2, 0.25) is 0 Å². The molecule has 0 aromatic heterocycles. The Morgan fingerprint density at radius 2 is 1.84 bits per heavy atom. The van der Waals surface area contributed by atoms with Crippen LogP contribution in [0.5, 0.6) is 11.5 Å². The first-order valence-corrected chi connectivity index (χ1v) is 9.70. The van der Waals surface area contributed by atoms with E-state index in [0.29, 0.717) is 17.1 Å². The number of nitrogens with zero attached hydrogens (tertiary/aromatic N) is 1. The minimum Gasteiger partial charge on any atom is -0.493 e. The maximum Gasteiger partial charge on any atom is 0.416 e. The zero-order valence-corrected chi connectivity index (χ0v) is 17.6. The van der Waals surface area contributed by atoms with Crippen LogP contribution >= 0.6 is 11.6 Å². The van der Waals surface area contributed by atoms with Crippen molar-refractivity contribution in [2.24, 2.45) is 5.10 Å². The summed E-state index contributed by atoms with van der Waals surface area (Å²) in [7, 11) is 1.46. The summed E-state index contributed by atoms with van der Waals surface area (Å²) in [5.41, 5.74) is 2.54. The van der Waals surface area contributed by atoms with Crippen LogP contribution in [0.1, 0.15) is 27.0 Å². The van der Waals surface area contributed by atoms with Crippen LogP contribution in [0.25, 0.3) is 0 Å². The lowest BCUT2D eigenvalue weighted by Gasteiger charge is -2.13. The van der Waals surface area contributed by atoms with Crippen molar-refractivity contribution < 1.29 is 27.4 Å². The van der Waals surface area contributed by atoms with Crippen LogP contribution in [0, 0.1) is 0 Å². The molecule has 5 nitrogen and oxygen atoms in total. The zero-order valence-electron chi connectivity index (χ0n) is 16.8. The smallest absolute Gasteiger partial charge is 0.416 e. The molecule has 0 atom stereocenters. The Morgan fingerprint density at radius 3 is 2.53 bits per heavy atom. The Labute approximate surface area is 187 Å². The summed E-state index contributed by atoms with van der Waals surface area (Å²) in [6.45, 7) is 0.289. The fraction of sp³-hybridized carbons (Fsp3) is 0.130. The number of carbonyl (C=O) groups is 1. The monoisotopic (exact) mass is 462 g/mol. The van der Waals surface area contributed by atoms with Crippen LogP contribution in [-0.2, 0) is 12.8 Å². The summed E-state index contributed by atoms with van der Waals surface area (Å²) >= 11 is 6.32. The van der Waals surface area contributed by atoms with Crippen LogP contribution in [-0.4, -0.2) is 19.2 Å². The number of ether oxygens (including phenoxy) is 2. The van der Waals surface area contributed by atoms with Crippen molar-refractivity contribution in [1.29, 1.82) is 0 Å². The molecular formula is C23H18ClF3N2O3. The van der Waals surface area contributed by atoms with E-state index in [9.17, 15) is 18.0 Å². The molecule has 0 fully saturated rings. The number of alkyl halides is 3. The third kappa shape index (κ3) is 6.01.